The first kappa shape index (κ1) is 15.6. The van der Waals surface area contributed by atoms with E-state index in [9.17, 15) is 4.79 Å². The summed E-state index contributed by atoms with van der Waals surface area (Å²) in [6, 6.07) is 4.54. The van der Waals surface area contributed by atoms with Crippen molar-refractivity contribution in [2.75, 3.05) is 4.90 Å². The van der Waals surface area contributed by atoms with E-state index in [1.54, 1.807) is 11.0 Å². The molecule has 0 radical (unpaired) electrons. The van der Waals surface area contributed by atoms with Gasteiger partial charge in [-0.25, -0.2) is 9.79 Å². The average molecular weight is 336 g/mol. The van der Waals surface area contributed by atoms with E-state index in [1.165, 1.54) is 12.1 Å². The monoisotopic (exact) mass is 335 g/mol. The van der Waals surface area contributed by atoms with Crippen molar-refractivity contribution in [1.29, 1.82) is 0 Å². The summed E-state index contributed by atoms with van der Waals surface area (Å²) in [7, 11) is 0. The molecule has 1 aromatic rings. The van der Waals surface area contributed by atoms with Crippen LogP contribution in [0.25, 0.3) is 0 Å². The highest BCUT2D eigenvalue weighted by Crippen LogP contribution is 2.41. The van der Waals surface area contributed by atoms with Crippen LogP contribution in [-0.2, 0) is 0 Å². The number of hydrogen-bond donors (Lipinski definition) is 3. The molecule has 8 heteroatoms. The molecule has 7 nitrogen and oxygen atoms in total. The van der Waals surface area contributed by atoms with Gasteiger partial charge in [-0.1, -0.05) is 18.0 Å². The van der Waals surface area contributed by atoms with Gasteiger partial charge in [0.05, 0.1) is 16.3 Å². The Morgan fingerprint density at radius 2 is 1.96 bits per heavy atom. The van der Waals surface area contributed by atoms with Gasteiger partial charge in [-0.15, -0.1) is 0 Å². The van der Waals surface area contributed by atoms with Gasteiger partial charge in [-0.2, -0.15) is 4.99 Å². The largest absolute Gasteiger partial charge is 0.478 e. The van der Waals surface area contributed by atoms with Crippen LogP contribution in [-0.4, -0.2) is 28.7 Å². The quantitative estimate of drug-likeness (QED) is 0.765. The number of anilines is 1. The summed E-state index contributed by atoms with van der Waals surface area (Å²) in [5.74, 6) is -0.642. The van der Waals surface area contributed by atoms with Crippen molar-refractivity contribution in [3.8, 4) is 0 Å². The third-order valence-corrected chi connectivity index (χ3v) is 4.59. The Morgan fingerprint density at radius 3 is 2.57 bits per heavy atom. The molecule has 1 aliphatic carbocycles. The number of carboxylic acids is 1. The molecule has 1 spiro atoms. The van der Waals surface area contributed by atoms with Crippen LogP contribution < -0.4 is 16.4 Å². The molecule has 3 rings (SSSR count). The summed E-state index contributed by atoms with van der Waals surface area (Å²) < 4.78 is 0. The van der Waals surface area contributed by atoms with Gasteiger partial charge in [-0.05, 0) is 43.9 Å². The number of aliphatic imine (C=N–C) groups is 2. The van der Waals surface area contributed by atoms with E-state index >= 15 is 0 Å². The Hall–Kier alpha value is -2.28. The number of hydrogen-bond acceptors (Lipinski definition) is 6. The van der Waals surface area contributed by atoms with E-state index in [0.29, 0.717) is 10.7 Å². The highest BCUT2D eigenvalue weighted by molar-refractivity contribution is 6.34. The minimum absolute atomic E-state index is 0.118. The van der Waals surface area contributed by atoms with Crippen LogP contribution in [0.1, 0.15) is 42.5 Å². The number of carboxylic acid groups (broad SMARTS) is 1. The van der Waals surface area contributed by atoms with Gasteiger partial charge in [0.15, 0.2) is 0 Å². The van der Waals surface area contributed by atoms with Crippen molar-refractivity contribution in [3.05, 3.63) is 28.8 Å². The molecule has 0 bridgehead atoms. The lowest BCUT2D eigenvalue weighted by atomic mass is 9.87. The van der Waals surface area contributed by atoms with Crippen molar-refractivity contribution in [3.63, 3.8) is 0 Å². The van der Waals surface area contributed by atoms with Gasteiger partial charge >= 0.3 is 5.97 Å². The van der Waals surface area contributed by atoms with Crippen LogP contribution in [0.5, 0.6) is 0 Å². The van der Waals surface area contributed by atoms with Crippen molar-refractivity contribution < 1.29 is 9.90 Å². The molecule has 1 fully saturated rings. The fourth-order valence-corrected chi connectivity index (χ4v) is 3.56. The molecular formula is C15H18ClN5O2. The molecule has 1 heterocycles. The Balaban J connectivity index is 2.09. The SMILES string of the molecule is NC1=NC2(CCCCC2)N(c2ccc(C(=O)O)cc2Cl)C(N)=N1. The Bertz CT molecular complexity index is 710. The molecule has 5 N–H and O–H groups in total. The van der Waals surface area contributed by atoms with E-state index in [1.807, 2.05) is 0 Å². The van der Waals surface area contributed by atoms with E-state index in [0.717, 1.165) is 32.1 Å². The van der Waals surface area contributed by atoms with Gasteiger partial charge in [0.1, 0.15) is 5.66 Å². The molecule has 0 saturated heterocycles. The fourth-order valence-electron chi connectivity index (χ4n) is 3.29. The van der Waals surface area contributed by atoms with E-state index in [4.69, 9.17) is 28.2 Å². The predicted octanol–water partition coefficient (Wildman–Crippen LogP) is 2.15. The van der Waals surface area contributed by atoms with E-state index in [2.05, 4.69) is 9.98 Å². The number of carbonyl (C=O) groups is 1. The van der Waals surface area contributed by atoms with Gasteiger partial charge in [-0.3, -0.25) is 4.90 Å². The van der Waals surface area contributed by atoms with Gasteiger partial charge < -0.3 is 16.6 Å². The van der Waals surface area contributed by atoms with Crippen LogP contribution in [0.15, 0.2) is 28.2 Å². The van der Waals surface area contributed by atoms with Crippen LogP contribution in [0.4, 0.5) is 5.69 Å². The predicted molar refractivity (Wildman–Crippen MR) is 90.0 cm³/mol. The summed E-state index contributed by atoms with van der Waals surface area (Å²) >= 11 is 6.32. The summed E-state index contributed by atoms with van der Waals surface area (Å²) in [4.78, 5) is 21.5. The number of guanidine groups is 2. The van der Waals surface area contributed by atoms with Gasteiger partial charge in [0.2, 0.25) is 11.9 Å². The normalized spacial score (nSPS) is 20.1. The average Bonchev–Trinajstić information content (AvgIpc) is 2.48. The van der Waals surface area contributed by atoms with E-state index in [-0.39, 0.29) is 17.5 Å². The van der Waals surface area contributed by atoms with Crippen molar-refractivity contribution in [1.82, 2.24) is 0 Å². The number of rotatable bonds is 2. The molecule has 2 aliphatic rings. The van der Waals surface area contributed by atoms with Crippen molar-refractivity contribution in [2.24, 2.45) is 21.5 Å². The number of halogens is 1. The molecule has 1 aromatic carbocycles. The third kappa shape index (κ3) is 2.72. The molecule has 1 saturated carbocycles. The molecule has 0 aromatic heterocycles. The summed E-state index contributed by atoms with van der Waals surface area (Å²) in [5, 5.41) is 9.38. The number of aromatic carboxylic acids is 1. The highest BCUT2D eigenvalue weighted by Gasteiger charge is 2.43. The molecule has 0 unspecified atom stereocenters. The molecule has 1 aliphatic heterocycles. The lowest BCUT2D eigenvalue weighted by Gasteiger charge is -2.45. The zero-order chi connectivity index (χ0) is 16.6. The fraction of sp³-hybridized carbons (Fsp3) is 0.400. The molecule has 0 atom stereocenters. The van der Waals surface area contributed by atoms with Crippen LogP contribution in [0.2, 0.25) is 5.02 Å². The maximum atomic E-state index is 11.1. The first-order valence-corrected chi connectivity index (χ1v) is 7.83. The number of nitrogens with two attached hydrogens (primary N) is 2. The second-order valence-electron chi connectivity index (χ2n) is 5.79. The minimum Gasteiger partial charge on any atom is -0.478 e. The first-order valence-electron chi connectivity index (χ1n) is 7.45. The molecule has 23 heavy (non-hydrogen) atoms. The standard InChI is InChI=1S/C15H18ClN5O2/c16-10-8-9(12(22)23)4-5-11(10)21-14(18)19-13(17)20-15(21)6-2-1-3-7-15/h4-5,8H,1-3,6-7H2,(H,22,23)(H4,17,18,19,20). The molecular weight excluding hydrogens is 318 g/mol. The summed E-state index contributed by atoms with van der Waals surface area (Å²) in [5.41, 5.74) is 12.0. The Labute approximate surface area is 138 Å². The maximum absolute atomic E-state index is 11.1. The topological polar surface area (TPSA) is 117 Å². The Morgan fingerprint density at radius 1 is 1.26 bits per heavy atom. The maximum Gasteiger partial charge on any atom is 0.335 e. The Kier molecular flexibility index (Phi) is 3.89. The number of benzene rings is 1. The molecule has 0 amide bonds. The second kappa shape index (κ2) is 5.73. The molecule has 122 valence electrons. The van der Waals surface area contributed by atoms with Crippen molar-refractivity contribution >= 4 is 35.2 Å². The lowest BCUT2D eigenvalue weighted by Crippen LogP contribution is -2.58. The van der Waals surface area contributed by atoms with Crippen LogP contribution in [0, 0.1) is 0 Å². The zero-order valence-corrected chi connectivity index (χ0v) is 13.3. The van der Waals surface area contributed by atoms with Crippen molar-refractivity contribution in [2.45, 2.75) is 37.8 Å². The van der Waals surface area contributed by atoms with Gasteiger partial charge in [0, 0.05) is 0 Å². The zero-order valence-electron chi connectivity index (χ0n) is 12.5. The van der Waals surface area contributed by atoms with E-state index < -0.39 is 11.6 Å². The van der Waals surface area contributed by atoms with Crippen LogP contribution >= 0.6 is 11.6 Å². The summed E-state index contributed by atoms with van der Waals surface area (Å²) in [6.45, 7) is 0. The third-order valence-electron chi connectivity index (χ3n) is 4.29. The first-order chi connectivity index (χ1) is 10.9. The summed E-state index contributed by atoms with van der Waals surface area (Å²) in [6.07, 6.45) is 4.73. The number of nitrogens with zero attached hydrogens (tertiary/aromatic N) is 3. The highest BCUT2D eigenvalue weighted by atomic mass is 35.5. The lowest BCUT2D eigenvalue weighted by molar-refractivity contribution is 0.0697. The van der Waals surface area contributed by atoms with Gasteiger partial charge in [0.25, 0.3) is 0 Å². The second-order valence-corrected chi connectivity index (χ2v) is 6.20. The minimum atomic E-state index is -1.03. The smallest absolute Gasteiger partial charge is 0.335 e. The van der Waals surface area contributed by atoms with Crippen LogP contribution in [0.3, 0.4) is 0 Å².